The predicted octanol–water partition coefficient (Wildman–Crippen LogP) is 2.92. The molecule has 0 unspecified atom stereocenters. The van der Waals surface area contributed by atoms with Crippen molar-refractivity contribution in [3.05, 3.63) is 69.8 Å². The Balaban J connectivity index is 1.41. The Labute approximate surface area is 211 Å². The van der Waals surface area contributed by atoms with E-state index in [1.54, 1.807) is 4.68 Å². The van der Waals surface area contributed by atoms with Crippen LogP contribution in [0.15, 0.2) is 47.3 Å². The number of nitrogen functional groups attached to an aromatic ring is 1. The van der Waals surface area contributed by atoms with Crippen molar-refractivity contribution in [1.29, 1.82) is 0 Å². The molecular formula is C26H27FN6O4. The second-order valence-corrected chi connectivity index (χ2v) is 9.14. The number of hydrogen-bond donors (Lipinski definition) is 4. The molecule has 192 valence electrons. The van der Waals surface area contributed by atoms with Gasteiger partial charge in [0.1, 0.15) is 22.8 Å². The Morgan fingerprint density at radius 2 is 1.95 bits per heavy atom. The van der Waals surface area contributed by atoms with Crippen molar-refractivity contribution in [2.45, 2.75) is 44.4 Å². The first-order valence-electron chi connectivity index (χ1n) is 12.0. The number of ether oxygens (including phenoxy) is 1. The third-order valence-electron chi connectivity index (χ3n) is 6.76. The number of halogens is 1. The number of methoxy groups -OCH3 is 1. The van der Waals surface area contributed by atoms with E-state index >= 15 is 0 Å². The van der Waals surface area contributed by atoms with Crippen LogP contribution in [-0.2, 0) is 6.54 Å². The number of carbonyl (C=O) groups is 1. The molecule has 5 N–H and O–H groups in total. The molecule has 0 spiro atoms. The summed E-state index contributed by atoms with van der Waals surface area (Å²) >= 11 is 0. The maximum atomic E-state index is 13.6. The number of aliphatic hydroxyl groups excluding tert-OH is 1. The van der Waals surface area contributed by atoms with Gasteiger partial charge in [-0.25, -0.2) is 9.49 Å². The monoisotopic (exact) mass is 506 g/mol. The van der Waals surface area contributed by atoms with Crippen LogP contribution in [0.3, 0.4) is 0 Å². The molecule has 2 aromatic carbocycles. The number of rotatable bonds is 6. The highest BCUT2D eigenvalue weighted by atomic mass is 19.1. The van der Waals surface area contributed by atoms with Gasteiger partial charge in [0.05, 0.1) is 30.2 Å². The smallest absolute Gasteiger partial charge is 0.290 e. The Morgan fingerprint density at radius 3 is 2.65 bits per heavy atom. The molecule has 10 nitrogen and oxygen atoms in total. The summed E-state index contributed by atoms with van der Waals surface area (Å²) in [4.78, 5) is 25.3. The molecule has 1 saturated carbocycles. The largest absolute Gasteiger partial charge is 0.496 e. The van der Waals surface area contributed by atoms with Crippen LogP contribution in [0.5, 0.6) is 5.75 Å². The van der Waals surface area contributed by atoms with E-state index in [0.717, 1.165) is 17.2 Å². The molecule has 0 bridgehead atoms. The third-order valence-corrected chi connectivity index (χ3v) is 6.76. The lowest BCUT2D eigenvalue weighted by Crippen LogP contribution is -2.24. The van der Waals surface area contributed by atoms with Crippen LogP contribution < -0.4 is 21.3 Å². The number of nitrogens with two attached hydrogens (primary N) is 1. The molecule has 1 aliphatic rings. The third kappa shape index (κ3) is 4.77. The first-order chi connectivity index (χ1) is 17.9. The highest BCUT2D eigenvalue weighted by molar-refractivity contribution is 5.99. The molecule has 11 heteroatoms. The maximum absolute atomic E-state index is 13.6. The van der Waals surface area contributed by atoms with Crippen LogP contribution >= 0.6 is 0 Å². The van der Waals surface area contributed by atoms with Crippen molar-refractivity contribution >= 4 is 22.6 Å². The molecule has 4 aromatic rings. The van der Waals surface area contributed by atoms with Gasteiger partial charge >= 0.3 is 0 Å². The van der Waals surface area contributed by atoms with E-state index < -0.39 is 11.7 Å². The number of carbonyl (C=O) groups excluding carboxylic acids is 1. The lowest BCUT2D eigenvalue weighted by atomic mass is 9.93. The van der Waals surface area contributed by atoms with E-state index in [1.165, 1.54) is 19.2 Å². The van der Waals surface area contributed by atoms with Gasteiger partial charge in [0.2, 0.25) is 0 Å². The number of nitrogens with zero attached hydrogens (tertiary/aromatic N) is 3. The van der Waals surface area contributed by atoms with Gasteiger partial charge < -0.3 is 20.9 Å². The standard InChI is InChI=1S/C26H27FN6O4/c1-37-20-11-6-16(27)12-19(20)25(35)29-13-14-2-4-15(5-3-14)22-21-23(26(36)31-30-24(21)28)33(32-22)17-7-9-18(34)10-8-17/h2-6,11-12,17-18,34H,7-10,13H2,1H3,(H2,28,30)(H,29,35)(H,31,36). The molecule has 1 amide bonds. The summed E-state index contributed by atoms with van der Waals surface area (Å²) in [6.07, 6.45) is 2.35. The van der Waals surface area contributed by atoms with Crippen LogP contribution in [0.4, 0.5) is 10.2 Å². The van der Waals surface area contributed by atoms with Crippen molar-refractivity contribution in [2.75, 3.05) is 12.8 Å². The van der Waals surface area contributed by atoms with Gasteiger partial charge in [-0.15, -0.1) is 0 Å². The van der Waals surface area contributed by atoms with Crippen molar-refractivity contribution < 1.29 is 19.0 Å². The van der Waals surface area contributed by atoms with E-state index in [2.05, 4.69) is 15.5 Å². The Kier molecular flexibility index (Phi) is 6.62. The topological polar surface area (TPSA) is 148 Å². The summed E-state index contributed by atoms with van der Waals surface area (Å²) in [5.41, 5.74) is 8.35. The van der Waals surface area contributed by atoms with Crippen molar-refractivity contribution in [3.8, 4) is 17.0 Å². The number of amides is 1. The predicted molar refractivity (Wildman–Crippen MR) is 136 cm³/mol. The number of fused-ring (bicyclic) bond motifs is 1. The van der Waals surface area contributed by atoms with Gasteiger partial charge in [0, 0.05) is 12.1 Å². The minimum Gasteiger partial charge on any atom is -0.496 e. The van der Waals surface area contributed by atoms with Gasteiger partial charge in [-0.3, -0.25) is 14.3 Å². The minimum atomic E-state index is -0.529. The lowest BCUT2D eigenvalue weighted by Gasteiger charge is -2.25. The van der Waals surface area contributed by atoms with Crippen LogP contribution in [0.25, 0.3) is 22.2 Å². The molecule has 0 saturated heterocycles. The van der Waals surface area contributed by atoms with E-state index in [1.807, 2.05) is 24.3 Å². The highest BCUT2D eigenvalue weighted by Crippen LogP contribution is 2.35. The van der Waals surface area contributed by atoms with Gasteiger partial charge in [0.25, 0.3) is 11.5 Å². The summed E-state index contributed by atoms with van der Waals surface area (Å²) in [6.45, 7) is 0.210. The van der Waals surface area contributed by atoms with Crippen molar-refractivity contribution in [1.82, 2.24) is 25.3 Å². The van der Waals surface area contributed by atoms with Crippen LogP contribution in [0.1, 0.15) is 47.6 Å². The van der Waals surface area contributed by atoms with Crippen molar-refractivity contribution in [2.24, 2.45) is 0 Å². The van der Waals surface area contributed by atoms with Gasteiger partial charge in [-0.05, 0) is 49.4 Å². The number of aromatic nitrogens is 4. The van der Waals surface area contributed by atoms with E-state index in [4.69, 9.17) is 15.6 Å². The van der Waals surface area contributed by atoms with Gasteiger partial charge in [-0.1, -0.05) is 24.3 Å². The molecule has 1 fully saturated rings. The highest BCUT2D eigenvalue weighted by Gasteiger charge is 2.27. The molecule has 5 rings (SSSR count). The van der Waals surface area contributed by atoms with Crippen molar-refractivity contribution in [3.63, 3.8) is 0 Å². The van der Waals surface area contributed by atoms with Crippen LogP contribution in [0.2, 0.25) is 0 Å². The number of aliphatic hydroxyl groups is 1. The van der Waals surface area contributed by atoms with Crippen LogP contribution in [0, 0.1) is 5.82 Å². The minimum absolute atomic E-state index is 0.0307. The Bertz CT molecular complexity index is 1510. The molecule has 0 radical (unpaired) electrons. The van der Waals surface area contributed by atoms with Crippen LogP contribution in [-0.4, -0.2) is 44.2 Å². The fraction of sp³-hybridized carbons (Fsp3) is 0.308. The summed E-state index contributed by atoms with van der Waals surface area (Å²) in [6, 6.07) is 11.1. The SMILES string of the molecule is COc1ccc(F)cc1C(=O)NCc1ccc(-c2nn(C3CCC(O)CC3)c3c(=O)[nH]nc(N)c23)cc1. The number of nitrogens with one attached hydrogen (secondary N) is 2. The number of aromatic amines is 1. The summed E-state index contributed by atoms with van der Waals surface area (Å²) < 4.78 is 20.5. The molecular weight excluding hydrogens is 479 g/mol. The molecule has 0 atom stereocenters. The average molecular weight is 507 g/mol. The van der Waals surface area contributed by atoms with Gasteiger partial charge in [0.15, 0.2) is 5.82 Å². The van der Waals surface area contributed by atoms with Gasteiger partial charge in [-0.2, -0.15) is 10.2 Å². The second-order valence-electron chi connectivity index (χ2n) is 9.14. The Morgan fingerprint density at radius 1 is 1.22 bits per heavy atom. The van der Waals surface area contributed by atoms with E-state index in [-0.39, 0.29) is 41.4 Å². The molecule has 1 aliphatic carbocycles. The Hall–Kier alpha value is -4.25. The average Bonchev–Trinajstić information content (AvgIpc) is 3.32. The first kappa shape index (κ1) is 24.4. The van der Waals surface area contributed by atoms with E-state index in [0.29, 0.717) is 42.3 Å². The second kappa shape index (κ2) is 10.0. The summed E-state index contributed by atoms with van der Waals surface area (Å²) in [5.74, 6) is -0.530. The molecule has 37 heavy (non-hydrogen) atoms. The maximum Gasteiger partial charge on any atom is 0.290 e. The first-order valence-corrected chi connectivity index (χ1v) is 12.0. The molecule has 2 aromatic heterocycles. The summed E-state index contributed by atoms with van der Waals surface area (Å²) in [7, 11) is 1.42. The fourth-order valence-electron chi connectivity index (χ4n) is 4.80. The number of H-pyrrole nitrogens is 1. The number of anilines is 1. The normalized spacial score (nSPS) is 17.6. The lowest BCUT2D eigenvalue weighted by molar-refractivity contribution is 0.0947. The fourth-order valence-corrected chi connectivity index (χ4v) is 4.80. The zero-order chi connectivity index (χ0) is 26.1. The quantitative estimate of drug-likeness (QED) is 0.314. The zero-order valence-corrected chi connectivity index (χ0v) is 20.2. The molecule has 2 heterocycles. The zero-order valence-electron chi connectivity index (χ0n) is 20.2. The summed E-state index contributed by atoms with van der Waals surface area (Å²) in [5, 5.41) is 24.3. The molecule has 0 aliphatic heterocycles. The number of benzene rings is 2. The van der Waals surface area contributed by atoms with E-state index in [9.17, 15) is 19.1 Å². The number of hydrogen-bond acceptors (Lipinski definition) is 7.